The van der Waals surface area contributed by atoms with Gasteiger partial charge in [-0.3, -0.25) is 4.98 Å². The van der Waals surface area contributed by atoms with E-state index in [0.717, 1.165) is 23.0 Å². The summed E-state index contributed by atoms with van der Waals surface area (Å²) in [6, 6.07) is 10.6. The molecule has 0 aliphatic carbocycles. The Morgan fingerprint density at radius 3 is 2.74 bits per heavy atom. The van der Waals surface area contributed by atoms with E-state index in [2.05, 4.69) is 60.9 Å². The first-order chi connectivity index (χ1) is 11.2. The lowest BCUT2D eigenvalue weighted by atomic mass is 9.98. The molecule has 0 fully saturated rings. The number of hydrogen-bond donors (Lipinski definition) is 0. The molecule has 0 amide bonds. The number of fused-ring (bicyclic) bond motifs is 3. The zero-order chi connectivity index (χ0) is 16.0. The quantitative estimate of drug-likeness (QED) is 0.515. The molecule has 3 aromatic heterocycles. The van der Waals surface area contributed by atoms with Gasteiger partial charge in [0, 0.05) is 28.6 Å². The van der Waals surface area contributed by atoms with Crippen LogP contribution in [-0.2, 0) is 13.5 Å². The highest BCUT2D eigenvalue weighted by Gasteiger charge is 2.20. The fourth-order valence-electron chi connectivity index (χ4n) is 3.29. The van der Waals surface area contributed by atoms with Crippen molar-refractivity contribution in [2.75, 3.05) is 0 Å². The number of nitrogens with zero attached hydrogens (tertiary/aromatic N) is 2. The molecule has 4 rings (SSSR count). The van der Waals surface area contributed by atoms with Crippen molar-refractivity contribution in [3.8, 4) is 11.3 Å². The molecular weight excluding hydrogens is 284 g/mol. The highest BCUT2D eigenvalue weighted by atomic mass is 16.3. The molecule has 0 aliphatic heterocycles. The second-order valence-corrected chi connectivity index (χ2v) is 5.99. The predicted molar refractivity (Wildman–Crippen MR) is 92.2 cm³/mol. The summed E-state index contributed by atoms with van der Waals surface area (Å²) in [5, 5.41) is 2.29. The van der Waals surface area contributed by atoms with E-state index in [1.165, 1.54) is 27.8 Å². The number of pyridine rings is 2. The van der Waals surface area contributed by atoms with Crippen LogP contribution in [0.15, 0.2) is 53.3 Å². The summed E-state index contributed by atoms with van der Waals surface area (Å²) in [6.45, 7) is 4.33. The minimum Gasteiger partial charge on any atom is -0.454 e. The van der Waals surface area contributed by atoms with E-state index in [1.807, 2.05) is 12.3 Å². The molecule has 0 bridgehead atoms. The Kier molecular flexibility index (Phi) is 3.15. The Hall–Kier alpha value is -2.68. The van der Waals surface area contributed by atoms with Crippen molar-refractivity contribution in [3.05, 3.63) is 60.0 Å². The Labute approximate surface area is 135 Å². The van der Waals surface area contributed by atoms with Gasteiger partial charge < -0.3 is 4.42 Å². The molecule has 114 valence electrons. The molecule has 0 N–H and O–H groups in total. The number of aryl methyl sites for hydroxylation is 3. The Balaban J connectivity index is 2.12. The van der Waals surface area contributed by atoms with E-state index in [9.17, 15) is 0 Å². The van der Waals surface area contributed by atoms with Crippen molar-refractivity contribution in [2.24, 2.45) is 7.05 Å². The average Bonchev–Trinajstić information content (AvgIpc) is 2.94. The van der Waals surface area contributed by atoms with Crippen LogP contribution in [0, 0.1) is 6.92 Å². The molecule has 4 aromatic rings. The summed E-state index contributed by atoms with van der Waals surface area (Å²) in [4.78, 5) is 4.17. The minimum absolute atomic E-state index is 0.835. The topological polar surface area (TPSA) is 29.9 Å². The molecule has 1 aromatic carbocycles. The van der Waals surface area contributed by atoms with E-state index in [-0.39, 0.29) is 0 Å². The second kappa shape index (κ2) is 5.20. The largest absolute Gasteiger partial charge is 0.454 e. The third-order valence-electron chi connectivity index (χ3n) is 4.51. The fraction of sp³-hybridized carbons (Fsp3) is 0.200. The average molecular weight is 303 g/mol. The van der Waals surface area contributed by atoms with Crippen LogP contribution in [0.5, 0.6) is 0 Å². The predicted octanol–water partition coefficient (Wildman–Crippen LogP) is 4.34. The van der Waals surface area contributed by atoms with E-state index in [0.29, 0.717) is 0 Å². The molecule has 3 heteroatoms. The number of benzene rings is 1. The monoisotopic (exact) mass is 303 g/mol. The highest BCUT2D eigenvalue weighted by molar-refractivity contribution is 6.12. The maximum absolute atomic E-state index is 5.98. The van der Waals surface area contributed by atoms with Gasteiger partial charge in [-0.15, -0.1) is 0 Å². The summed E-state index contributed by atoms with van der Waals surface area (Å²) in [5.74, 6) is 0. The van der Waals surface area contributed by atoms with Crippen LogP contribution >= 0.6 is 0 Å². The first kappa shape index (κ1) is 13.9. The molecule has 0 aliphatic rings. The third-order valence-corrected chi connectivity index (χ3v) is 4.51. The Bertz CT molecular complexity index is 1030. The normalized spacial score (nSPS) is 11.4. The van der Waals surface area contributed by atoms with Crippen molar-refractivity contribution >= 4 is 21.9 Å². The number of hydrogen-bond acceptors (Lipinski definition) is 2. The Morgan fingerprint density at radius 2 is 1.96 bits per heavy atom. The molecule has 0 saturated heterocycles. The van der Waals surface area contributed by atoms with Crippen molar-refractivity contribution < 1.29 is 8.98 Å². The van der Waals surface area contributed by atoms with Crippen molar-refractivity contribution in [2.45, 2.75) is 20.3 Å². The van der Waals surface area contributed by atoms with Gasteiger partial charge in [0.2, 0.25) is 5.69 Å². The SMILES string of the molecule is CCc1ccc(-c2c(C)ccc3oc4cnccc4c23)[n+](C)c1. The summed E-state index contributed by atoms with van der Waals surface area (Å²) in [6.07, 6.45) is 6.85. The van der Waals surface area contributed by atoms with Gasteiger partial charge >= 0.3 is 0 Å². The molecule has 3 heterocycles. The van der Waals surface area contributed by atoms with E-state index in [1.54, 1.807) is 6.20 Å². The van der Waals surface area contributed by atoms with Crippen LogP contribution in [0.25, 0.3) is 33.2 Å². The van der Waals surface area contributed by atoms with Gasteiger partial charge in [0.15, 0.2) is 11.8 Å². The zero-order valence-corrected chi connectivity index (χ0v) is 13.6. The third kappa shape index (κ3) is 2.12. The number of aromatic nitrogens is 2. The first-order valence-electron chi connectivity index (χ1n) is 7.94. The van der Waals surface area contributed by atoms with Crippen molar-refractivity contribution in [1.29, 1.82) is 0 Å². The summed E-state index contributed by atoms with van der Waals surface area (Å²) in [5.41, 5.74) is 6.76. The van der Waals surface area contributed by atoms with E-state index in [4.69, 9.17) is 4.42 Å². The van der Waals surface area contributed by atoms with Gasteiger partial charge in [-0.05, 0) is 37.1 Å². The molecular formula is C20H19N2O+. The van der Waals surface area contributed by atoms with Crippen LogP contribution in [-0.4, -0.2) is 4.98 Å². The van der Waals surface area contributed by atoms with Crippen LogP contribution in [0.3, 0.4) is 0 Å². The van der Waals surface area contributed by atoms with Crippen LogP contribution in [0.2, 0.25) is 0 Å². The van der Waals surface area contributed by atoms with Gasteiger partial charge in [0.25, 0.3) is 0 Å². The van der Waals surface area contributed by atoms with Gasteiger partial charge in [-0.2, -0.15) is 0 Å². The molecule has 23 heavy (non-hydrogen) atoms. The molecule has 0 spiro atoms. The molecule has 0 atom stereocenters. The standard InChI is InChI=1S/C20H19N2O/c1-4-14-6-7-16(22(3)12-14)19-13(2)5-8-17-20(19)15-9-10-21-11-18(15)23-17/h5-12H,4H2,1-3H3/q+1. The highest BCUT2D eigenvalue weighted by Crippen LogP contribution is 2.37. The molecule has 0 unspecified atom stereocenters. The molecule has 0 radical (unpaired) electrons. The summed E-state index contributed by atoms with van der Waals surface area (Å²) < 4.78 is 8.19. The smallest absolute Gasteiger partial charge is 0.213 e. The van der Waals surface area contributed by atoms with E-state index < -0.39 is 0 Å². The zero-order valence-electron chi connectivity index (χ0n) is 13.6. The number of furan rings is 1. The van der Waals surface area contributed by atoms with Crippen molar-refractivity contribution in [3.63, 3.8) is 0 Å². The van der Waals surface area contributed by atoms with Crippen molar-refractivity contribution in [1.82, 2.24) is 4.98 Å². The van der Waals surface area contributed by atoms with Gasteiger partial charge in [-0.1, -0.05) is 13.0 Å². The van der Waals surface area contributed by atoms with Crippen LogP contribution < -0.4 is 4.57 Å². The number of rotatable bonds is 2. The lowest BCUT2D eigenvalue weighted by Crippen LogP contribution is -2.31. The molecule has 3 nitrogen and oxygen atoms in total. The van der Waals surface area contributed by atoms with Crippen LogP contribution in [0.1, 0.15) is 18.1 Å². The van der Waals surface area contributed by atoms with E-state index >= 15 is 0 Å². The van der Waals surface area contributed by atoms with Gasteiger partial charge in [-0.25, -0.2) is 4.57 Å². The minimum atomic E-state index is 0.835. The maximum atomic E-state index is 5.98. The molecule has 0 saturated carbocycles. The van der Waals surface area contributed by atoms with Gasteiger partial charge in [0.1, 0.15) is 12.6 Å². The maximum Gasteiger partial charge on any atom is 0.213 e. The first-order valence-corrected chi connectivity index (χ1v) is 7.94. The second-order valence-electron chi connectivity index (χ2n) is 5.99. The fourth-order valence-corrected chi connectivity index (χ4v) is 3.29. The van der Waals surface area contributed by atoms with Gasteiger partial charge in [0.05, 0.1) is 11.8 Å². The lowest BCUT2D eigenvalue weighted by Gasteiger charge is -2.07. The summed E-state index contributed by atoms with van der Waals surface area (Å²) in [7, 11) is 2.11. The van der Waals surface area contributed by atoms with Crippen LogP contribution in [0.4, 0.5) is 0 Å². The lowest BCUT2D eigenvalue weighted by molar-refractivity contribution is -0.660. The Morgan fingerprint density at radius 1 is 1.09 bits per heavy atom. The summed E-state index contributed by atoms with van der Waals surface area (Å²) >= 11 is 0.